The second-order valence-corrected chi connectivity index (χ2v) is 5.93. The maximum atomic E-state index is 5.34. The fourth-order valence-electron chi connectivity index (χ4n) is 1.96. The van der Waals surface area contributed by atoms with Crippen LogP contribution in [0.25, 0.3) is 0 Å². The lowest BCUT2D eigenvalue weighted by Crippen LogP contribution is -2.36. The van der Waals surface area contributed by atoms with Crippen molar-refractivity contribution in [2.45, 2.75) is 20.8 Å². The topological polar surface area (TPSA) is 63.2 Å². The number of nitrogens with zero attached hydrogens (tertiary/aromatic N) is 4. The second kappa shape index (κ2) is 9.05. The number of anilines is 3. The third kappa shape index (κ3) is 6.20. The SMILES string of the molecule is CC(C)C.[HH].c1cc(Nc2cnccn2)nc(N2CCOCC2)c1. The van der Waals surface area contributed by atoms with E-state index in [2.05, 4.69) is 45.9 Å². The summed E-state index contributed by atoms with van der Waals surface area (Å²) in [5, 5.41) is 3.14. The number of hydrogen-bond acceptors (Lipinski definition) is 6. The van der Waals surface area contributed by atoms with Gasteiger partial charge in [0.25, 0.3) is 0 Å². The Morgan fingerprint density at radius 3 is 2.52 bits per heavy atom. The molecule has 0 unspecified atom stereocenters. The summed E-state index contributed by atoms with van der Waals surface area (Å²) in [6.07, 6.45) is 4.96. The molecule has 6 heteroatoms. The van der Waals surface area contributed by atoms with E-state index in [0.717, 1.165) is 43.9 Å². The van der Waals surface area contributed by atoms with E-state index >= 15 is 0 Å². The fourth-order valence-corrected chi connectivity index (χ4v) is 1.96. The molecular weight excluding hydrogens is 290 g/mol. The Bertz CT molecular complexity index is 573. The van der Waals surface area contributed by atoms with E-state index in [0.29, 0.717) is 5.82 Å². The first-order chi connectivity index (χ1) is 11.1. The summed E-state index contributed by atoms with van der Waals surface area (Å²) in [5.41, 5.74) is 0. The molecule has 3 heterocycles. The zero-order valence-electron chi connectivity index (χ0n) is 14.1. The summed E-state index contributed by atoms with van der Waals surface area (Å²) in [7, 11) is 0. The van der Waals surface area contributed by atoms with E-state index in [1.807, 2.05) is 18.2 Å². The molecule has 0 atom stereocenters. The van der Waals surface area contributed by atoms with Gasteiger partial charge in [0, 0.05) is 26.9 Å². The standard InChI is InChI=1S/C13H15N5O.C4H10.H2/c1-2-11(16-12-10-14-4-5-15-12)17-13(3-1)18-6-8-19-9-7-18;1-4(2)3;/h1-5,10H,6-9H2,(H,15,16,17);4H,1-3H3;1H. The van der Waals surface area contributed by atoms with Gasteiger partial charge in [-0.05, 0) is 18.1 Å². The zero-order chi connectivity index (χ0) is 16.5. The normalized spacial score (nSPS) is 14.2. The lowest BCUT2D eigenvalue weighted by Gasteiger charge is -2.28. The van der Waals surface area contributed by atoms with Gasteiger partial charge in [0.1, 0.15) is 17.5 Å². The highest BCUT2D eigenvalue weighted by Gasteiger charge is 2.12. The summed E-state index contributed by atoms with van der Waals surface area (Å²) in [4.78, 5) is 15.0. The number of hydrogen-bond donors (Lipinski definition) is 1. The Labute approximate surface area is 139 Å². The van der Waals surface area contributed by atoms with Crippen molar-refractivity contribution in [3.8, 4) is 0 Å². The highest BCUT2D eigenvalue weighted by atomic mass is 16.5. The van der Waals surface area contributed by atoms with E-state index in [9.17, 15) is 0 Å². The number of ether oxygens (including phenoxy) is 1. The number of morpholine rings is 1. The molecule has 0 aliphatic carbocycles. The Morgan fingerprint density at radius 1 is 1.13 bits per heavy atom. The first kappa shape index (κ1) is 17.1. The van der Waals surface area contributed by atoms with Crippen molar-refractivity contribution in [3.05, 3.63) is 36.8 Å². The predicted octanol–water partition coefficient (Wildman–Crippen LogP) is 3.36. The van der Waals surface area contributed by atoms with Crippen LogP contribution in [-0.2, 0) is 4.74 Å². The van der Waals surface area contributed by atoms with Gasteiger partial charge in [0.15, 0.2) is 0 Å². The number of pyridine rings is 1. The van der Waals surface area contributed by atoms with Crippen molar-refractivity contribution in [1.82, 2.24) is 15.0 Å². The monoisotopic (exact) mass is 317 g/mol. The van der Waals surface area contributed by atoms with Crippen LogP contribution in [0.4, 0.5) is 17.5 Å². The minimum absolute atomic E-state index is 0. The molecular formula is C17H27N5O. The lowest BCUT2D eigenvalue weighted by atomic mass is 10.3. The van der Waals surface area contributed by atoms with Crippen LogP contribution in [0.2, 0.25) is 0 Å². The molecule has 0 bridgehead atoms. The maximum Gasteiger partial charge on any atom is 0.150 e. The van der Waals surface area contributed by atoms with Gasteiger partial charge in [-0.2, -0.15) is 0 Å². The number of aromatic nitrogens is 3. The van der Waals surface area contributed by atoms with Crippen LogP contribution < -0.4 is 10.2 Å². The fraction of sp³-hybridized carbons (Fsp3) is 0.471. The van der Waals surface area contributed by atoms with E-state index in [4.69, 9.17) is 4.74 Å². The molecule has 1 aliphatic rings. The molecule has 0 radical (unpaired) electrons. The Morgan fingerprint density at radius 2 is 1.87 bits per heavy atom. The number of nitrogens with one attached hydrogen (secondary N) is 1. The van der Waals surface area contributed by atoms with Crippen LogP contribution in [0.15, 0.2) is 36.8 Å². The third-order valence-corrected chi connectivity index (χ3v) is 2.89. The largest absolute Gasteiger partial charge is 0.378 e. The van der Waals surface area contributed by atoms with Crippen LogP contribution in [-0.4, -0.2) is 41.3 Å². The van der Waals surface area contributed by atoms with Crippen molar-refractivity contribution in [2.75, 3.05) is 36.5 Å². The number of rotatable bonds is 3. The van der Waals surface area contributed by atoms with Crippen LogP contribution in [0, 0.1) is 5.92 Å². The molecule has 0 aromatic carbocycles. The molecule has 2 aromatic rings. The van der Waals surface area contributed by atoms with E-state index in [-0.39, 0.29) is 1.43 Å². The molecule has 126 valence electrons. The first-order valence-electron chi connectivity index (χ1n) is 7.98. The summed E-state index contributed by atoms with van der Waals surface area (Å²) >= 11 is 0. The van der Waals surface area contributed by atoms with Crippen molar-refractivity contribution < 1.29 is 6.16 Å². The van der Waals surface area contributed by atoms with Gasteiger partial charge in [-0.3, -0.25) is 4.98 Å². The molecule has 6 nitrogen and oxygen atoms in total. The Kier molecular flexibility index (Phi) is 6.75. The maximum absolute atomic E-state index is 5.34. The van der Waals surface area contributed by atoms with Crippen molar-refractivity contribution >= 4 is 17.5 Å². The summed E-state index contributed by atoms with van der Waals surface area (Å²) in [6.45, 7) is 9.76. The summed E-state index contributed by atoms with van der Waals surface area (Å²) in [5.74, 6) is 3.25. The Balaban J connectivity index is 0.000000522. The van der Waals surface area contributed by atoms with Gasteiger partial charge in [-0.25, -0.2) is 9.97 Å². The highest BCUT2D eigenvalue weighted by molar-refractivity contribution is 5.54. The van der Waals surface area contributed by atoms with Gasteiger partial charge >= 0.3 is 0 Å². The average molecular weight is 317 g/mol. The molecule has 1 aliphatic heterocycles. The Hall–Kier alpha value is -2.21. The lowest BCUT2D eigenvalue weighted by molar-refractivity contribution is 0.122. The van der Waals surface area contributed by atoms with Gasteiger partial charge in [-0.15, -0.1) is 0 Å². The molecule has 3 rings (SSSR count). The van der Waals surface area contributed by atoms with Crippen LogP contribution in [0.1, 0.15) is 22.2 Å². The van der Waals surface area contributed by atoms with Crippen LogP contribution >= 0.6 is 0 Å². The first-order valence-corrected chi connectivity index (χ1v) is 7.98. The molecule has 0 amide bonds. The highest BCUT2D eigenvalue weighted by Crippen LogP contribution is 2.17. The molecule has 2 aromatic heterocycles. The van der Waals surface area contributed by atoms with E-state index < -0.39 is 0 Å². The molecule has 1 fully saturated rings. The minimum atomic E-state index is 0. The predicted molar refractivity (Wildman–Crippen MR) is 95.2 cm³/mol. The van der Waals surface area contributed by atoms with Crippen molar-refractivity contribution in [1.29, 1.82) is 0 Å². The molecule has 23 heavy (non-hydrogen) atoms. The zero-order valence-corrected chi connectivity index (χ0v) is 14.1. The van der Waals surface area contributed by atoms with Gasteiger partial charge in [-0.1, -0.05) is 26.8 Å². The molecule has 1 N–H and O–H groups in total. The van der Waals surface area contributed by atoms with Gasteiger partial charge in [0.2, 0.25) is 0 Å². The molecule has 0 saturated carbocycles. The van der Waals surface area contributed by atoms with E-state index in [1.54, 1.807) is 18.6 Å². The molecule has 0 spiro atoms. The quantitative estimate of drug-likeness (QED) is 0.936. The van der Waals surface area contributed by atoms with E-state index in [1.165, 1.54) is 0 Å². The van der Waals surface area contributed by atoms with Crippen molar-refractivity contribution in [2.24, 2.45) is 5.92 Å². The summed E-state index contributed by atoms with van der Waals surface area (Å²) in [6, 6.07) is 5.91. The van der Waals surface area contributed by atoms with Crippen LogP contribution in [0.3, 0.4) is 0 Å². The molecule has 1 saturated heterocycles. The second-order valence-electron chi connectivity index (χ2n) is 5.93. The average Bonchev–Trinajstić information content (AvgIpc) is 2.56. The van der Waals surface area contributed by atoms with Crippen molar-refractivity contribution in [3.63, 3.8) is 0 Å². The van der Waals surface area contributed by atoms with Crippen LogP contribution in [0.5, 0.6) is 0 Å². The minimum Gasteiger partial charge on any atom is -0.378 e. The van der Waals surface area contributed by atoms with Gasteiger partial charge in [0.05, 0.1) is 19.4 Å². The third-order valence-electron chi connectivity index (χ3n) is 2.89. The summed E-state index contributed by atoms with van der Waals surface area (Å²) < 4.78 is 5.34. The smallest absolute Gasteiger partial charge is 0.150 e. The van der Waals surface area contributed by atoms with Gasteiger partial charge < -0.3 is 15.0 Å².